The van der Waals surface area contributed by atoms with Crippen LogP contribution in [0.4, 0.5) is 0 Å². The summed E-state index contributed by atoms with van der Waals surface area (Å²) < 4.78 is 0. The molecule has 0 aliphatic carbocycles. The third-order valence-corrected chi connectivity index (χ3v) is 4.57. The Hall–Kier alpha value is -1.84. The number of piperidine rings is 1. The summed E-state index contributed by atoms with van der Waals surface area (Å²) >= 11 is 0. The molecule has 0 unspecified atom stereocenters. The van der Waals surface area contributed by atoms with E-state index < -0.39 is 0 Å². The molecule has 0 atom stereocenters. The Morgan fingerprint density at radius 3 is 2.17 bits per heavy atom. The number of carbonyl (C=O) groups excluding carboxylic acids is 2. The Kier molecular flexibility index (Phi) is 6.41. The molecule has 1 aliphatic heterocycles. The van der Waals surface area contributed by atoms with Crippen LogP contribution in [0.1, 0.15) is 68.8 Å². The summed E-state index contributed by atoms with van der Waals surface area (Å²) in [5, 5.41) is 3.09. The lowest BCUT2D eigenvalue weighted by molar-refractivity contribution is -0.122. The van der Waals surface area contributed by atoms with E-state index >= 15 is 0 Å². The standard InChI is InChI=1S/C20H30N2O2/c1-14(2)13-19(23)21-18-9-11-22(12-10-18)20(24)17-7-5-16(6-8-17)15(3)4/h5-8,14-15,18H,9-13H2,1-4H3,(H,21,23). The van der Waals surface area contributed by atoms with Gasteiger partial charge in [0, 0.05) is 31.1 Å². The van der Waals surface area contributed by atoms with Crippen LogP contribution in [0.3, 0.4) is 0 Å². The van der Waals surface area contributed by atoms with Crippen LogP contribution in [-0.2, 0) is 4.79 Å². The summed E-state index contributed by atoms with van der Waals surface area (Å²) in [6.45, 7) is 9.80. The molecule has 0 aromatic heterocycles. The van der Waals surface area contributed by atoms with Gasteiger partial charge in [0.05, 0.1) is 0 Å². The molecule has 1 fully saturated rings. The molecule has 1 saturated heterocycles. The van der Waals surface area contributed by atoms with Crippen LogP contribution in [-0.4, -0.2) is 35.8 Å². The Morgan fingerprint density at radius 1 is 1.08 bits per heavy atom. The van der Waals surface area contributed by atoms with Crippen molar-refractivity contribution >= 4 is 11.8 Å². The molecule has 0 saturated carbocycles. The van der Waals surface area contributed by atoms with Gasteiger partial charge in [-0.05, 0) is 42.4 Å². The maximum Gasteiger partial charge on any atom is 0.253 e. The average Bonchev–Trinajstić information content (AvgIpc) is 2.54. The summed E-state index contributed by atoms with van der Waals surface area (Å²) in [6, 6.07) is 8.12. The number of likely N-dealkylation sites (tertiary alicyclic amines) is 1. The summed E-state index contributed by atoms with van der Waals surface area (Å²) in [5.41, 5.74) is 2.00. The fourth-order valence-corrected chi connectivity index (χ4v) is 3.08. The second-order valence-corrected chi connectivity index (χ2v) is 7.51. The van der Waals surface area contributed by atoms with Gasteiger partial charge in [0.15, 0.2) is 0 Å². The van der Waals surface area contributed by atoms with Gasteiger partial charge in [0.25, 0.3) is 5.91 Å². The number of rotatable bonds is 5. The topological polar surface area (TPSA) is 49.4 Å². The van der Waals surface area contributed by atoms with E-state index in [1.807, 2.05) is 43.0 Å². The predicted molar refractivity (Wildman–Crippen MR) is 97.1 cm³/mol. The zero-order chi connectivity index (χ0) is 17.7. The van der Waals surface area contributed by atoms with Gasteiger partial charge in [0.1, 0.15) is 0 Å². The number of nitrogens with one attached hydrogen (secondary N) is 1. The minimum Gasteiger partial charge on any atom is -0.353 e. The first-order valence-electron chi connectivity index (χ1n) is 9.05. The van der Waals surface area contributed by atoms with Gasteiger partial charge in [-0.25, -0.2) is 0 Å². The van der Waals surface area contributed by atoms with E-state index in [9.17, 15) is 9.59 Å². The molecule has 132 valence electrons. The van der Waals surface area contributed by atoms with E-state index in [2.05, 4.69) is 19.2 Å². The second kappa shape index (κ2) is 8.32. The van der Waals surface area contributed by atoms with E-state index in [1.165, 1.54) is 5.56 Å². The van der Waals surface area contributed by atoms with E-state index in [-0.39, 0.29) is 17.9 Å². The summed E-state index contributed by atoms with van der Waals surface area (Å²) in [5.74, 6) is 1.07. The number of benzene rings is 1. The first-order valence-corrected chi connectivity index (χ1v) is 9.05. The molecule has 24 heavy (non-hydrogen) atoms. The van der Waals surface area contributed by atoms with Gasteiger partial charge >= 0.3 is 0 Å². The number of carbonyl (C=O) groups is 2. The van der Waals surface area contributed by atoms with Gasteiger partial charge in [-0.15, -0.1) is 0 Å². The minimum absolute atomic E-state index is 0.0947. The molecule has 2 rings (SSSR count). The van der Waals surface area contributed by atoms with Crippen molar-refractivity contribution in [3.8, 4) is 0 Å². The molecule has 1 N–H and O–H groups in total. The fourth-order valence-electron chi connectivity index (χ4n) is 3.08. The zero-order valence-electron chi connectivity index (χ0n) is 15.3. The molecular formula is C20H30N2O2. The highest BCUT2D eigenvalue weighted by Crippen LogP contribution is 2.18. The van der Waals surface area contributed by atoms with Crippen molar-refractivity contribution in [1.29, 1.82) is 0 Å². The maximum atomic E-state index is 12.6. The van der Waals surface area contributed by atoms with Crippen molar-refractivity contribution < 1.29 is 9.59 Å². The van der Waals surface area contributed by atoms with E-state index in [0.717, 1.165) is 18.4 Å². The maximum absolute atomic E-state index is 12.6. The molecule has 1 aromatic rings. The monoisotopic (exact) mass is 330 g/mol. The minimum atomic E-state index is 0.0947. The van der Waals surface area contributed by atoms with Gasteiger partial charge in [-0.3, -0.25) is 9.59 Å². The van der Waals surface area contributed by atoms with Crippen molar-refractivity contribution in [1.82, 2.24) is 10.2 Å². The molecule has 0 bridgehead atoms. The average molecular weight is 330 g/mol. The van der Waals surface area contributed by atoms with Crippen molar-refractivity contribution in [2.75, 3.05) is 13.1 Å². The summed E-state index contributed by atoms with van der Waals surface area (Å²) in [4.78, 5) is 26.3. The lowest BCUT2D eigenvalue weighted by Crippen LogP contribution is -2.46. The smallest absolute Gasteiger partial charge is 0.253 e. The third kappa shape index (κ3) is 5.08. The van der Waals surface area contributed by atoms with Crippen LogP contribution in [0.2, 0.25) is 0 Å². The van der Waals surface area contributed by atoms with Crippen LogP contribution in [0.15, 0.2) is 24.3 Å². The Bertz CT molecular complexity index is 556. The number of hydrogen-bond donors (Lipinski definition) is 1. The van der Waals surface area contributed by atoms with Crippen molar-refractivity contribution in [2.24, 2.45) is 5.92 Å². The first kappa shape index (κ1) is 18.5. The van der Waals surface area contributed by atoms with Crippen LogP contribution in [0, 0.1) is 5.92 Å². The van der Waals surface area contributed by atoms with Crippen molar-refractivity contribution in [3.63, 3.8) is 0 Å². The van der Waals surface area contributed by atoms with E-state index in [4.69, 9.17) is 0 Å². The molecule has 0 radical (unpaired) electrons. The fraction of sp³-hybridized carbons (Fsp3) is 0.600. The Balaban J connectivity index is 1.85. The van der Waals surface area contributed by atoms with Crippen LogP contribution in [0.25, 0.3) is 0 Å². The summed E-state index contributed by atoms with van der Waals surface area (Å²) in [6.07, 6.45) is 2.24. The Labute approximate surface area is 145 Å². The lowest BCUT2D eigenvalue weighted by atomic mass is 10.00. The van der Waals surface area contributed by atoms with Gasteiger partial charge in [-0.1, -0.05) is 39.8 Å². The highest BCUT2D eigenvalue weighted by atomic mass is 16.2. The first-order chi connectivity index (χ1) is 11.4. The van der Waals surface area contributed by atoms with E-state index in [1.54, 1.807) is 0 Å². The van der Waals surface area contributed by atoms with Gasteiger partial charge < -0.3 is 10.2 Å². The molecular weight excluding hydrogens is 300 g/mol. The third-order valence-electron chi connectivity index (χ3n) is 4.57. The van der Waals surface area contributed by atoms with Gasteiger partial charge in [-0.2, -0.15) is 0 Å². The number of amides is 2. The van der Waals surface area contributed by atoms with Crippen LogP contribution >= 0.6 is 0 Å². The van der Waals surface area contributed by atoms with Crippen LogP contribution < -0.4 is 5.32 Å². The van der Waals surface area contributed by atoms with Crippen molar-refractivity contribution in [2.45, 2.75) is 58.9 Å². The highest BCUT2D eigenvalue weighted by Gasteiger charge is 2.24. The molecule has 2 amide bonds. The normalized spacial score (nSPS) is 15.8. The SMILES string of the molecule is CC(C)CC(=O)NC1CCN(C(=O)c2ccc(C(C)C)cc2)CC1. The molecule has 4 heteroatoms. The molecule has 0 spiro atoms. The molecule has 1 heterocycles. The van der Waals surface area contributed by atoms with Crippen LogP contribution in [0.5, 0.6) is 0 Å². The number of hydrogen-bond acceptors (Lipinski definition) is 2. The van der Waals surface area contributed by atoms with Crippen molar-refractivity contribution in [3.05, 3.63) is 35.4 Å². The molecule has 1 aliphatic rings. The molecule has 1 aromatic carbocycles. The second-order valence-electron chi connectivity index (χ2n) is 7.51. The highest BCUT2D eigenvalue weighted by molar-refractivity contribution is 5.94. The zero-order valence-corrected chi connectivity index (χ0v) is 15.3. The summed E-state index contributed by atoms with van der Waals surface area (Å²) in [7, 11) is 0. The largest absolute Gasteiger partial charge is 0.353 e. The van der Waals surface area contributed by atoms with E-state index in [0.29, 0.717) is 31.3 Å². The predicted octanol–water partition coefficient (Wildman–Crippen LogP) is 3.58. The molecule has 4 nitrogen and oxygen atoms in total. The quantitative estimate of drug-likeness (QED) is 0.897. The number of nitrogens with zero attached hydrogens (tertiary/aromatic N) is 1. The Morgan fingerprint density at radius 2 is 1.67 bits per heavy atom. The lowest BCUT2D eigenvalue weighted by Gasteiger charge is -2.32. The van der Waals surface area contributed by atoms with Gasteiger partial charge in [0.2, 0.25) is 5.91 Å².